The van der Waals surface area contributed by atoms with Gasteiger partial charge < -0.3 is 9.15 Å². The minimum Gasteiger partial charge on any atom is -0.480 e. The molecule has 0 spiro atoms. The lowest BCUT2D eigenvalue weighted by Gasteiger charge is -2.67. The van der Waals surface area contributed by atoms with Gasteiger partial charge in [0, 0.05) is 11.4 Å². The molecule has 1 aromatic carbocycles. The fourth-order valence-electron chi connectivity index (χ4n) is 5.64. The zero-order chi connectivity index (χ0) is 23.9. The number of alkyl halides is 3. The zero-order valence-electron chi connectivity index (χ0n) is 17.7. The highest BCUT2D eigenvalue weighted by molar-refractivity contribution is 6.30. The van der Waals surface area contributed by atoms with Gasteiger partial charge >= 0.3 is 6.36 Å². The number of carbonyl (C=O) groups excluding carboxylic acids is 2. The van der Waals surface area contributed by atoms with Gasteiger partial charge in [-0.25, -0.2) is 0 Å². The summed E-state index contributed by atoms with van der Waals surface area (Å²) in [5.41, 5.74) is -2.10. The Labute approximate surface area is 196 Å². The van der Waals surface area contributed by atoms with Gasteiger partial charge in [-0.1, -0.05) is 11.6 Å². The molecule has 2 heterocycles. The molecule has 2 aromatic rings. The summed E-state index contributed by atoms with van der Waals surface area (Å²) in [5.74, 6) is -0.318. The van der Waals surface area contributed by atoms with Gasteiger partial charge in [0.1, 0.15) is 5.75 Å². The zero-order valence-corrected chi connectivity index (χ0v) is 18.5. The standard InChI is InChI=1S/C22H19ClF3N3O5/c23-12-2-3-13-11(6-12)7-14(32-13)15(30)27-16(31)19-8-20(9-19,10-19)17-28-29-18(33-17)21(4-1-5-21)34-22(24,25)26/h2-3,6,14H,1,4-5,7-10H2,(H,27,30,31). The Morgan fingerprint density at radius 3 is 2.50 bits per heavy atom. The Bertz CT molecular complexity index is 1190. The number of fused-ring (bicyclic) bond motifs is 1. The van der Waals surface area contributed by atoms with E-state index in [2.05, 4.69) is 20.3 Å². The highest BCUT2D eigenvalue weighted by Crippen LogP contribution is 2.73. The van der Waals surface area contributed by atoms with Crippen LogP contribution in [0.1, 0.15) is 55.9 Å². The molecule has 1 aliphatic heterocycles. The number of ether oxygens (including phenoxy) is 2. The van der Waals surface area contributed by atoms with Gasteiger partial charge in [0.25, 0.3) is 5.91 Å². The first-order chi connectivity index (χ1) is 16.0. The summed E-state index contributed by atoms with van der Waals surface area (Å²) in [5, 5.41) is 10.8. The first-order valence-electron chi connectivity index (χ1n) is 10.9. The number of imide groups is 1. The van der Waals surface area contributed by atoms with Gasteiger partial charge in [-0.15, -0.1) is 23.4 Å². The molecule has 0 radical (unpaired) electrons. The van der Waals surface area contributed by atoms with E-state index in [4.69, 9.17) is 20.8 Å². The first kappa shape index (κ1) is 21.8. The molecule has 1 atom stereocenters. The van der Waals surface area contributed by atoms with Crippen molar-refractivity contribution in [1.82, 2.24) is 15.5 Å². The molecule has 34 heavy (non-hydrogen) atoms. The van der Waals surface area contributed by atoms with E-state index in [1.165, 1.54) is 0 Å². The normalized spacial score (nSPS) is 30.3. The van der Waals surface area contributed by atoms with Crippen LogP contribution in [0.25, 0.3) is 0 Å². The SMILES string of the molecule is O=C(NC(=O)C12CC(c3nnc(C4(OC(F)(F)F)CCC4)o3)(C1)C2)C1Cc2cc(Cl)ccc2O1. The Morgan fingerprint density at radius 1 is 1.15 bits per heavy atom. The van der Waals surface area contributed by atoms with Crippen molar-refractivity contribution in [2.24, 2.45) is 5.41 Å². The number of amides is 2. The molecule has 4 fully saturated rings. The van der Waals surface area contributed by atoms with Crippen LogP contribution in [0, 0.1) is 5.41 Å². The molecular weight excluding hydrogens is 479 g/mol. The van der Waals surface area contributed by atoms with Crippen LogP contribution in [0.4, 0.5) is 13.2 Å². The van der Waals surface area contributed by atoms with E-state index in [-0.39, 0.29) is 24.6 Å². The van der Waals surface area contributed by atoms with Crippen molar-refractivity contribution in [2.75, 3.05) is 0 Å². The summed E-state index contributed by atoms with van der Waals surface area (Å²) >= 11 is 5.97. The molecule has 4 aliphatic carbocycles. The number of rotatable bonds is 5. The fraction of sp³-hybridized carbons (Fsp3) is 0.545. The lowest BCUT2D eigenvalue weighted by atomic mass is 9.34. The Balaban J connectivity index is 1.08. The second-order valence-corrected chi connectivity index (χ2v) is 10.2. The van der Waals surface area contributed by atoms with Crippen LogP contribution in [-0.4, -0.2) is 34.5 Å². The van der Waals surface area contributed by atoms with Crippen molar-refractivity contribution in [3.63, 3.8) is 0 Å². The average Bonchev–Trinajstić information content (AvgIpc) is 3.29. The van der Waals surface area contributed by atoms with E-state index < -0.39 is 40.7 Å². The van der Waals surface area contributed by atoms with Crippen molar-refractivity contribution in [2.45, 2.75) is 68.4 Å². The highest BCUT2D eigenvalue weighted by Gasteiger charge is 2.74. The van der Waals surface area contributed by atoms with Crippen molar-refractivity contribution >= 4 is 23.4 Å². The van der Waals surface area contributed by atoms with E-state index in [0.29, 0.717) is 42.9 Å². The molecule has 5 aliphatic rings. The molecule has 1 aromatic heterocycles. The predicted molar refractivity (Wildman–Crippen MR) is 108 cm³/mol. The van der Waals surface area contributed by atoms with E-state index in [1.807, 2.05) is 0 Å². The number of carbonyl (C=O) groups is 2. The predicted octanol–water partition coefficient (Wildman–Crippen LogP) is 3.71. The number of hydrogen-bond donors (Lipinski definition) is 1. The van der Waals surface area contributed by atoms with Crippen LogP contribution in [0.2, 0.25) is 5.02 Å². The minimum atomic E-state index is -4.81. The molecule has 4 saturated carbocycles. The third-order valence-corrected chi connectivity index (χ3v) is 7.71. The van der Waals surface area contributed by atoms with Crippen molar-refractivity contribution < 1.29 is 36.7 Å². The maximum atomic E-state index is 12.8. The van der Waals surface area contributed by atoms with Crippen molar-refractivity contribution in [3.8, 4) is 5.75 Å². The second kappa shape index (κ2) is 6.94. The molecule has 12 heteroatoms. The van der Waals surface area contributed by atoms with Gasteiger partial charge in [0.15, 0.2) is 11.7 Å². The molecular formula is C22H19ClF3N3O5. The Kier molecular flexibility index (Phi) is 4.46. The van der Waals surface area contributed by atoms with E-state index in [0.717, 1.165) is 5.56 Å². The van der Waals surface area contributed by atoms with Gasteiger partial charge in [0.2, 0.25) is 17.7 Å². The Hall–Kier alpha value is -2.66. The third kappa shape index (κ3) is 3.24. The smallest absolute Gasteiger partial charge is 0.480 e. The second-order valence-electron chi connectivity index (χ2n) is 9.78. The number of hydrogen-bond acceptors (Lipinski definition) is 7. The summed E-state index contributed by atoms with van der Waals surface area (Å²) in [6, 6.07) is 5.07. The van der Waals surface area contributed by atoms with Gasteiger partial charge in [-0.2, -0.15) is 0 Å². The molecule has 8 nitrogen and oxygen atoms in total. The highest BCUT2D eigenvalue weighted by atomic mass is 35.5. The Morgan fingerprint density at radius 2 is 1.85 bits per heavy atom. The molecule has 2 bridgehead atoms. The number of nitrogens with zero attached hydrogens (tertiary/aromatic N) is 2. The monoisotopic (exact) mass is 497 g/mol. The maximum Gasteiger partial charge on any atom is 0.523 e. The van der Waals surface area contributed by atoms with Crippen LogP contribution in [-0.2, 0) is 31.8 Å². The van der Waals surface area contributed by atoms with Crippen LogP contribution >= 0.6 is 11.6 Å². The van der Waals surface area contributed by atoms with E-state index in [9.17, 15) is 22.8 Å². The lowest BCUT2D eigenvalue weighted by molar-refractivity contribution is -0.387. The summed E-state index contributed by atoms with van der Waals surface area (Å²) in [6.07, 6.45) is -3.29. The summed E-state index contributed by atoms with van der Waals surface area (Å²) in [4.78, 5) is 25.4. The molecule has 1 N–H and O–H groups in total. The quantitative estimate of drug-likeness (QED) is 0.628. The van der Waals surface area contributed by atoms with Gasteiger partial charge in [-0.3, -0.25) is 19.6 Å². The third-order valence-electron chi connectivity index (χ3n) is 7.48. The van der Waals surface area contributed by atoms with Gasteiger partial charge in [-0.05, 0) is 62.3 Å². The summed E-state index contributed by atoms with van der Waals surface area (Å²) in [6.45, 7) is 0. The average molecular weight is 498 g/mol. The maximum absolute atomic E-state index is 12.8. The molecule has 180 valence electrons. The molecule has 2 amide bonds. The lowest BCUT2D eigenvalue weighted by Crippen LogP contribution is -2.70. The van der Waals surface area contributed by atoms with Crippen molar-refractivity contribution in [3.05, 3.63) is 40.6 Å². The van der Waals surface area contributed by atoms with E-state index >= 15 is 0 Å². The molecule has 7 rings (SSSR count). The van der Waals surface area contributed by atoms with Crippen LogP contribution in [0.15, 0.2) is 22.6 Å². The number of halogens is 4. The number of aromatic nitrogens is 2. The van der Waals surface area contributed by atoms with Crippen LogP contribution < -0.4 is 10.1 Å². The number of nitrogens with one attached hydrogen (secondary N) is 1. The van der Waals surface area contributed by atoms with Crippen molar-refractivity contribution in [1.29, 1.82) is 0 Å². The topological polar surface area (TPSA) is 104 Å². The summed E-state index contributed by atoms with van der Waals surface area (Å²) in [7, 11) is 0. The first-order valence-corrected chi connectivity index (χ1v) is 11.3. The number of benzene rings is 1. The van der Waals surface area contributed by atoms with E-state index in [1.54, 1.807) is 18.2 Å². The largest absolute Gasteiger partial charge is 0.523 e. The van der Waals surface area contributed by atoms with Crippen LogP contribution in [0.5, 0.6) is 5.75 Å². The molecule has 0 saturated heterocycles. The van der Waals surface area contributed by atoms with Crippen LogP contribution in [0.3, 0.4) is 0 Å². The summed E-state index contributed by atoms with van der Waals surface area (Å²) < 4.78 is 54.1. The van der Waals surface area contributed by atoms with Gasteiger partial charge in [0.05, 0.1) is 10.8 Å². The minimum absolute atomic E-state index is 0.148. The molecule has 1 unspecified atom stereocenters. The fourth-order valence-corrected chi connectivity index (χ4v) is 5.84.